The molecule has 0 saturated carbocycles. The molecule has 1 aliphatic rings. The van der Waals surface area contributed by atoms with Gasteiger partial charge in [0.2, 0.25) is 29.5 Å². The van der Waals surface area contributed by atoms with Gasteiger partial charge >= 0.3 is 0 Å². The van der Waals surface area contributed by atoms with E-state index in [4.69, 9.17) is 0 Å². The molecule has 0 unspecified atom stereocenters. The zero-order valence-corrected chi connectivity index (χ0v) is 22.9. The summed E-state index contributed by atoms with van der Waals surface area (Å²) in [5.41, 5.74) is 0.510. The predicted molar refractivity (Wildman–Crippen MR) is 140 cm³/mol. The third kappa shape index (κ3) is 8.03. The van der Waals surface area contributed by atoms with E-state index in [2.05, 4.69) is 21.3 Å². The van der Waals surface area contributed by atoms with Gasteiger partial charge in [0.1, 0.15) is 24.2 Å². The molecule has 10 nitrogen and oxygen atoms in total. The number of likely N-dealkylation sites (tertiary alicyclic amines) is 1. The lowest BCUT2D eigenvalue weighted by Gasteiger charge is -2.39. The second-order valence-corrected chi connectivity index (χ2v) is 10.7. The Morgan fingerprint density at radius 3 is 2.05 bits per heavy atom. The first-order chi connectivity index (χ1) is 17.3. The number of carbonyl (C=O) groups is 5. The maximum atomic E-state index is 14.1. The fourth-order valence-electron chi connectivity index (χ4n) is 4.71. The highest BCUT2D eigenvalue weighted by Gasteiger charge is 2.47. The highest BCUT2D eigenvalue weighted by molar-refractivity contribution is 5.96. The van der Waals surface area contributed by atoms with Crippen LogP contribution in [0, 0.1) is 5.41 Å². The Bertz CT molecular complexity index is 991. The fraction of sp³-hybridized carbons (Fsp3) is 0.593. The molecular formula is C27H41N5O5. The molecule has 5 atom stereocenters. The number of rotatable bonds is 9. The molecule has 2 rings (SSSR count). The molecule has 4 N–H and O–H groups in total. The fourth-order valence-corrected chi connectivity index (χ4v) is 4.71. The molecule has 0 bridgehead atoms. The summed E-state index contributed by atoms with van der Waals surface area (Å²) in [6.45, 7) is 10.5. The molecule has 5 amide bonds. The van der Waals surface area contributed by atoms with Crippen LogP contribution in [-0.2, 0) is 30.4 Å². The van der Waals surface area contributed by atoms with Gasteiger partial charge in [-0.25, -0.2) is 0 Å². The average molecular weight is 516 g/mol. The highest BCUT2D eigenvalue weighted by atomic mass is 16.2. The number of carbonyl (C=O) groups excluding carboxylic acids is 5. The van der Waals surface area contributed by atoms with Gasteiger partial charge in [0.25, 0.3) is 0 Å². The standard InChI is InChI=1S/C27H41N5O5/c1-16(23(34)28-7)30-25(36)21-13-14-22(27(4,5)6)32(21)26(37)20(15-19-11-9-8-10-12-19)31-24(35)17(2)29-18(3)33/h8-12,16-17,20-22H,13-15H2,1-7H3,(H,28,34)(H,29,33)(H,30,36)(H,31,35)/t16-,17-,20-,21-,22+/m0/s1. The topological polar surface area (TPSA) is 137 Å². The Morgan fingerprint density at radius 2 is 1.51 bits per heavy atom. The maximum Gasteiger partial charge on any atom is 0.246 e. The van der Waals surface area contributed by atoms with Gasteiger partial charge in [-0.1, -0.05) is 51.1 Å². The summed E-state index contributed by atoms with van der Waals surface area (Å²) in [5.74, 6) is -1.98. The summed E-state index contributed by atoms with van der Waals surface area (Å²) < 4.78 is 0. The van der Waals surface area contributed by atoms with Gasteiger partial charge in [0.05, 0.1) is 0 Å². The smallest absolute Gasteiger partial charge is 0.246 e. The Morgan fingerprint density at radius 1 is 0.919 bits per heavy atom. The van der Waals surface area contributed by atoms with Crippen molar-refractivity contribution in [1.82, 2.24) is 26.2 Å². The van der Waals surface area contributed by atoms with Crippen LogP contribution < -0.4 is 21.3 Å². The second kappa shape index (κ2) is 12.7. The lowest BCUT2D eigenvalue weighted by atomic mass is 9.85. The lowest BCUT2D eigenvalue weighted by molar-refractivity contribution is -0.146. The van der Waals surface area contributed by atoms with Crippen LogP contribution in [0.2, 0.25) is 0 Å². The van der Waals surface area contributed by atoms with E-state index in [-0.39, 0.29) is 35.6 Å². The van der Waals surface area contributed by atoms with Crippen molar-refractivity contribution in [2.24, 2.45) is 5.41 Å². The van der Waals surface area contributed by atoms with Crippen LogP contribution in [0.3, 0.4) is 0 Å². The quantitative estimate of drug-likeness (QED) is 0.387. The third-order valence-electron chi connectivity index (χ3n) is 6.65. The van der Waals surface area contributed by atoms with Gasteiger partial charge in [-0.3, -0.25) is 24.0 Å². The van der Waals surface area contributed by atoms with E-state index in [1.807, 2.05) is 51.1 Å². The molecule has 0 aromatic heterocycles. The largest absolute Gasteiger partial charge is 0.357 e. The van der Waals surface area contributed by atoms with Crippen LogP contribution in [0.4, 0.5) is 0 Å². The van der Waals surface area contributed by atoms with E-state index < -0.39 is 36.0 Å². The Labute approximate surface area is 219 Å². The van der Waals surface area contributed by atoms with Crippen LogP contribution >= 0.6 is 0 Å². The number of benzene rings is 1. The number of amides is 5. The monoisotopic (exact) mass is 515 g/mol. The summed E-state index contributed by atoms with van der Waals surface area (Å²) >= 11 is 0. The van der Waals surface area contributed by atoms with Crippen molar-refractivity contribution < 1.29 is 24.0 Å². The van der Waals surface area contributed by atoms with Crippen LogP contribution in [0.15, 0.2) is 30.3 Å². The molecule has 1 heterocycles. The Balaban J connectivity index is 2.40. The first-order valence-electron chi connectivity index (χ1n) is 12.7. The van der Waals surface area contributed by atoms with E-state index in [9.17, 15) is 24.0 Å². The van der Waals surface area contributed by atoms with Crippen molar-refractivity contribution in [2.45, 2.75) is 91.0 Å². The third-order valence-corrected chi connectivity index (χ3v) is 6.65. The zero-order chi connectivity index (χ0) is 27.9. The Hall–Kier alpha value is -3.43. The lowest BCUT2D eigenvalue weighted by Crippen LogP contribution is -2.60. The van der Waals surface area contributed by atoms with Crippen LogP contribution in [0.25, 0.3) is 0 Å². The molecule has 1 aromatic carbocycles. The molecule has 1 saturated heterocycles. The molecule has 0 spiro atoms. The number of hydrogen-bond acceptors (Lipinski definition) is 5. The minimum atomic E-state index is -0.958. The van der Waals surface area contributed by atoms with E-state index in [1.54, 1.807) is 18.7 Å². The van der Waals surface area contributed by atoms with E-state index >= 15 is 0 Å². The van der Waals surface area contributed by atoms with Crippen LogP contribution in [-0.4, -0.2) is 71.7 Å². The van der Waals surface area contributed by atoms with Crippen LogP contribution in [0.5, 0.6) is 0 Å². The minimum Gasteiger partial charge on any atom is -0.357 e. The molecule has 1 aliphatic heterocycles. The van der Waals surface area contributed by atoms with Gasteiger partial charge in [-0.2, -0.15) is 0 Å². The van der Waals surface area contributed by atoms with E-state index in [0.29, 0.717) is 12.8 Å². The molecule has 10 heteroatoms. The molecule has 0 radical (unpaired) electrons. The van der Waals surface area contributed by atoms with Crippen molar-refractivity contribution in [2.75, 3.05) is 7.05 Å². The molecule has 204 valence electrons. The molecule has 1 aromatic rings. The number of nitrogens with zero attached hydrogens (tertiary/aromatic N) is 1. The number of nitrogens with one attached hydrogen (secondary N) is 4. The SMILES string of the molecule is CNC(=O)[C@H](C)NC(=O)[C@@H]1CC[C@H](C(C)(C)C)N1C(=O)[C@H](Cc1ccccc1)NC(=O)[C@H](C)NC(C)=O. The molecule has 1 fully saturated rings. The van der Waals surface area contributed by atoms with Crippen molar-refractivity contribution >= 4 is 29.5 Å². The zero-order valence-electron chi connectivity index (χ0n) is 22.9. The second-order valence-electron chi connectivity index (χ2n) is 10.7. The van der Waals surface area contributed by atoms with Gasteiger partial charge in [-0.05, 0) is 37.7 Å². The molecule has 0 aliphatic carbocycles. The summed E-state index contributed by atoms with van der Waals surface area (Å²) in [6, 6.07) is 5.69. The summed E-state index contributed by atoms with van der Waals surface area (Å²) in [4.78, 5) is 65.4. The van der Waals surface area contributed by atoms with Gasteiger partial charge in [-0.15, -0.1) is 0 Å². The average Bonchev–Trinajstić information content (AvgIpc) is 3.28. The number of likely N-dealkylation sites (N-methyl/N-ethyl adjacent to an activating group) is 1. The summed E-state index contributed by atoms with van der Waals surface area (Å²) in [5, 5.41) is 10.6. The van der Waals surface area contributed by atoms with Crippen molar-refractivity contribution in [3.8, 4) is 0 Å². The minimum absolute atomic E-state index is 0.217. The van der Waals surface area contributed by atoms with Gasteiger partial charge in [0, 0.05) is 26.4 Å². The predicted octanol–water partition coefficient (Wildman–Crippen LogP) is 0.895. The highest BCUT2D eigenvalue weighted by Crippen LogP contribution is 2.37. The van der Waals surface area contributed by atoms with Crippen molar-refractivity contribution in [3.63, 3.8) is 0 Å². The van der Waals surface area contributed by atoms with E-state index in [1.165, 1.54) is 14.0 Å². The van der Waals surface area contributed by atoms with Gasteiger partial charge in [0.15, 0.2) is 0 Å². The number of hydrogen-bond donors (Lipinski definition) is 4. The van der Waals surface area contributed by atoms with Crippen molar-refractivity contribution in [1.29, 1.82) is 0 Å². The van der Waals surface area contributed by atoms with Crippen LogP contribution in [0.1, 0.15) is 59.9 Å². The van der Waals surface area contributed by atoms with Crippen molar-refractivity contribution in [3.05, 3.63) is 35.9 Å². The maximum absolute atomic E-state index is 14.1. The van der Waals surface area contributed by atoms with Gasteiger partial charge < -0.3 is 26.2 Å². The normalized spacial score (nSPS) is 19.8. The summed E-state index contributed by atoms with van der Waals surface area (Å²) in [6.07, 6.45) is 1.26. The molecule has 37 heavy (non-hydrogen) atoms. The summed E-state index contributed by atoms with van der Waals surface area (Å²) in [7, 11) is 1.49. The Kier molecular flexibility index (Phi) is 10.2. The first kappa shape index (κ1) is 29.8. The first-order valence-corrected chi connectivity index (χ1v) is 12.7. The molecular weight excluding hydrogens is 474 g/mol. The van der Waals surface area contributed by atoms with E-state index in [0.717, 1.165) is 5.56 Å².